The summed E-state index contributed by atoms with van der Waals surface area (Å²) >= 11 is 2.61. The third kappa shape index (κ3) is 5.85. The highest BCUT2D eigenvalue weighted by molar-refractivity contribution is 8.00. The summed E-state index contributed by atoms with van der Waals surface area (Å²) in [5.41, 5.74) is -0.00182. The van der Waals surface area contributed by atoms with Gasteiger partial charge in [-0.1, -0.05) is 42.2 Å². The van der Waals surface area contributed by atoms with E-state index in [1.807, 2.05) is 6.92 Å². The number of amides is 2. The van der Waals surface area contributed by atoms with E-state index >= 15 is 0 Å². The largest absolute Gasteiger partial charge is 0.351 e. The van der Waals surface area contributed by atoms with E-state index in [2.05, 4.69) is 31.0 Å². The van der Waals surface area contributed by atoms with Crippen LogP contribution < -0.4 is 10.6 Å². The van der Waals surface area contributed by atoms with Crippen molar-refractivity contribution in [2.75, 3.05) is 11.9 Å². The standard InChI is InChI=1S/C19H22FN7O2S2/c1-4-15-24-25-18(31-15)22-16(28)11(2)30-19-26-23-14(27(19)3)9-10-21-17(29)12-7-5-6-8-13(12)20/h5-8,11H,4,9-10H2,1-3H3,(H,21,29)(H,22,25,28). The van der Waals surface area contributed by atoms with Gasteiger partial charge in [-0.15, -0.1) is 20.4 Å². The highest BCUT2D eigenvalue weighted by Gasteiger charge is 2.20. The van der Waals surface area contributed by atoms with Gasteiger partial charge in [-0.05, 0) is 25.5 Å². The summed E-state index contributed by atoms with van der Waals surface area (Å²) in [7, 11) is 1.79. The van der Waals surface area contributed by atoms with Gasteiger partial charge in [-0.3, -0.25) is 14.9 Å². The van der Waals surface area contributed by atoms with Crippen LogP contribution in [0.5, 0.6) is 0 Å². The van der Waals surface area contributed by atoms with Crippen molar-refractivity contribution in [2.24, 2.45) is 7.05 Å². The van der Waals surface area contributed by atoms with Crippen molar-refractivity contribution < 1.29 is 14.0 Å². The number of nitrogens with zero attached hydrogens (tertiary/aromatic N) is 5. The van der Waals surface area contributed by atoms with E-state index in [1.54, 1.807) is 24.6 Å². The Hall–Kier alpha value is -2.86. The Labute approximate surface area is 186 Å². The Morgan fingerprint density at radius 1 is 1.23 bits per heavy atom. The molecule has 2 amide bonds. The molecule has 1 atom stereocenters. The zero-order valence-corrected chi connectivity index (χ0v) is 18.9. The van der Waals surface area contributed by atoms with Gasteiger partial charge in [-0.2, -0.15) is 0 Å². The van der Waals surface area contributed by atoms with Gasteiger partial charge < -0.3 is 9.88 Å². The SMILES string of the molecule is CCc1nnc(NC(=O)C(C)Sc2nnc(CCNC(=O)c3ccccc3F)n2C)s1. The smallest absolute Gasteiger partial charge is 0.254 e. The van der Waals surface area contributed by atoms with E-state index in [0.717, 1.165) is 11.4 Å². The van der Waals surface area contributed by atoms with Gasteiger partial charge in [0, 0.05) is 20.0 Å². The zero-order chi connectivity index (χ0) is 22.4. The Kier molecular flexibility index (Phi) is 7.69. The molecule has 3 aromatic rings. The minimum Gasteiger partial charge on any atom is -0.351 e. The average Bonchev–Trinajstić information content (AvgIpc) is 3.35. The van der Waals surface area contributed by atoms with E-state index in [4.69, 9.17) is 0 Å². The van der Waals surface area contributed by atoms with Crippen LogP contribution in [0, 0.1) is 5.82 Å². The van der Waals surface area contributed by atoms with Gasteiger partial charge in [0.2, 0.25) is 11.0 Å². The fourth-order valence-electron chi connectivity index (χ4n) is 2.56. The molecule has 0 saturated carbocycles. The molecular weight excluding hydrogens is 441 g/mol. The fraction of sp³-hybridized carbons (Fsp3) is 0.368. The molecule has 0 aliphatic rings. The Bertz CT molecular complexity index is 1070. The first-order valence-corrected chi connectivity index (χ1v) is 11.3. The van der Waals surface area contributed by atoms with Gasteiger partial charge in [0.15, 0.2) is 5.16 Å². The molecule has 164 valence electrons. The molecule has 0 bridgehead atoms. The molecule has 31 heavy (non-hydrogen) atoms. The number of rotatable bonds is 9. The monoisotopic (exact) mass is 463 g/mol. The summed E-state index contributed by atoms with van der Waals surface area (Å²) in [6, 6.07) is 5.81. The van der Waals surface area contributed by atoms with E-state index < -0.39 is 17.0 Å². The summed E-state index contributed by atoms with van der Waals surface area (Å²) in [6.07, 6.45) is 1.18. The predicted molar refractivity (Wildman–Crippen MR) is 117 cm³/mol. The van der Waals surface area contributed by atoms with E-state index in [0.29, 0.717) is 22.5 Å². The molecule has 0 aliphatic heterocycles. The third-order valence-corrected chi connectivity index (χ3v) is 6.45. The first-order valence-electron chi connectivity index (χ1n) is 9.60. The van der Waals surface area contributed by atoms with Crippen LogP contribution in [0.2, 0.25) is 0 Å². The number of carbonyl (C=O) groups is 2. The van der Waals surface area contributed by atoms with Crippen LogP contribution in [-0.4, -0.2) is 48.6 Å². The van der Waals surface area contributed by atoms with Crippen molar-refractivity contribution in [3.05, 3.63) is 46.5 Å². The molecule has 0 fully saturated rings. The summed E-state index contributed by atoms with van der Waals surface area (Å²) in [6.45, 7) is 4.02. The lowest BCUT2D eigenvalue weighted by atomic mass is 10.2. The number of benzene rings is 1. The van der Waals surface area contributed by atoms with E-state index in [9.17, 15) is 14.0 Å². The molecule has 12 heteroatoms. The molecule has 9 nitrogen and oxygen atoms in total. The summed E-state index contributed by atoms with van der Waals surface area (Å²) < 4.78 is 15.4. The number of thioether (sulfide) groups is 1. The summed E-state index contributed by atoms with van der Waals surface area (Å²) in [4.78, 5) is 24.5. The third-order valence-electron chi connectivity index (χ3n) is 4.33. The summed E-state index contributed by atoms with van der Waals surface area (Å²) in [5.74, 6) is -0.613. The Balaban J connectivity index is 1.51. The van der Waals surface area contributed by atoms with Crippen molar-refractivity contribution in [3.8, 4) is 0 Å². The van der Waals surface area contributed by atoms with E-state index in [1.165, 1.54) is 41.3 Å². The molecule has 0 aliphatic carbocycles. The normalized spacial score (nSPS) is 11.9. The maximum atomic E-state index is 13.7. The second-order valence-electron chi connectivity index (χ2n) is 6.55. The van der Waals surface area contributed by atoms with Crippen molar-refractivity contribution >= 4 is 40.0 Å². The Morgan fingerprint density at radius 3 is 2.71 bits per heavy atom. The maximum absolute atomic E-state index is 13.7. The van der Waals surface area contributed by atoms with Gasteiger partial charge in [0.1, 0.15) is 16.6 Å². The number of anilines is 1. The molecule has 2 aromatic heterocycles. The lowest BCUT2D eigenvalue weighted by Gasteiger charge is -2.10. The minimum absolute atomic E-state index is 0.00182. The predicted octanol–water partition coefficient (Wildman–Crippen LogP) is 2.46. The first kappa shape index (κ1) is 22.8. The highest BCUT2D eigenvalue weighted by Crippen LogP contribution is 2.23. The molecule has 1 unspecified atom stereocenters. The van der Waals surface area contributed by atoms with Crippen molar-refractivity contribution in [1.29, 1.82) is 0 Å². The number of carbonyl (C=O) groups excluding carboxylic acids is 2. The number of halogens is 1. The van der Waals surface area contributed by atoms with Crippen LogP contribution in [0.15, 0.2) is 29.4 Å². The van der Waals surface area contributed by atoms with E-state index in [-0.39, 0.29) is 18.0 Å². The number of nitrogens with one attached hydrogen (secondary N) is 2. The fourth-order valence-corrected chi connectivity index (χ4v) is 4.08. The minimum atomic E-state index is -0.566. The van der Waals surface area contributed by atoms with Crippen LogP contribution in [0.4, 0.5) is 9.52 Å². The molecule has 0 saturated heterocycles. The van der Waals surface area contributed by atoms with Gasteiger partial charge >= 0.3 is 0 Å². The van der Waals surface area contributed by atoms with Crippen LogP contribution in [0.3, 0.4) is 0 Å². The number of aryl methyl sites for hydroxylation is 1. The van der Waals surface area contributed by atoms with Crippen LogP contribution in [0.1, 0.15) is 35.0 Å². The highest BCUT2D eigenvalue weighted by atomic mass is 32.2. The molecule has 1 aromatic carbocycles. The second kappa shape index (κ2) is 10.4. The van der Waals surface area contributed by atoms with Crippen LogP contribution in [-0.2, 0) is 24.7 Å². The summed E-state index contributed by atoms with van der Waals surface area (Å²) in [5, 5.41) is 23.1. The molecule has 0 radical (unpaired) electrons. The lowest BCUT2D eigenvalue weighted by Crippen LogP contribution is -2.27. The topological polar surface area (TPSA) is 115 Å². The van der Waals surface area contributed by atoms with Crippen molar-refractivity contribution in [3.63, 3.8) is 0 Å². The quantitative estimate of drug-likeness (QED) is 0.469. The molecule has 2 N–H and O–H groups in total. The van der Waals surface area contributed by atoms with Gasteiger partial charge in [0.25, 0.3) is 5.91 Å². The number of aromatic nitrogens is 5. The first-order chi connectivity index (χ1) is 14.9. The molecular formula is C19H22FN7O2S2. The van der Waals surface area contributed by atoms with Crippen LogP contribution in [0.25, 0.3) is 0 Å². The zero-order valence-electron chi connectivity index (χ0n) is 17.3. The molecule has 0 spiro atoms. The number of hydrogen-bond acceptors (Lipinski definition) is 8. The second-order valence-corrected chi connectivity index (χ2v) is 8.92. The lowest BCUT2D eigenvalue weighted by molar-refractivity contribution is -0.115. The Morgan fingerprint density at radius 2 is 2.00 bits per heavy atom. The maximum Gasteiger partial charge on any atom is 0.254 e. The van der Waals surface area contributed by atoms with Gasteiger partial charge in [-0.25, -0.2) is 4.39 Å². The van der Waals surface area contributed by atoms with Crippen molar-refractivity contribution in [1.82, 2.24) is 30.3 Å². The van der Waals surface area contributed by atoms with Crippen LogP contribution >= 0.6 is 23.1 Å². The average molecular weight is 464 g/mol. The molecule has 3 rings (SSSR count). The number of hydrogen-bond donors (Lipinski definition) is 2. The molecule has 2 heterocycles. The van der Waals surface area contributed by atoms with Crippen molar-refractivity contribution in [2.45, 2.75) is 37.1 Å². The van der Waals surface area contributed by atoms with Gasteiger partial charge in [0.05, 0.1) is 10.8 Å².